The van der Waals surface area contributed by atoms with Crippen LogP contribution >= 0.6 is 0 Å². The summed E-state index contributed by atoms with van der Waals surface area (Å²) < 4.78 is 5.49. The minimum atomic E-state index is -0.665. The maximum Gasteiger partial charge on any atom is 0.305 e. The number of rotatable bonds is 55. The molecule has 0 aliphatic carbocycles. The molecule has 0 aliphatic rings. The van der Waals surface area contributed by atoms with Crippen molar-refractivity contribution in [3.8, 4) is 0 Å². The lowest BCUT2D eigenvalue weighted by Gasteiger charge is -2.22. The molecule has 3 N–H and O–H groups in total. The standard InChI is InChI=1S/C58H115NO5/c1-3-5-7-9-11-13-15-17-18-19-22-25-28-32-36-40-44-48-52-58(63)64-53-49-45-41-37-33-29-26-23-20-21-24-27-31-35-39-43-47-51-57(62)59-55(54-60)56(61)50-46-42-38-34-30-16-14-12-10-8-6-4-2/h55-56,60-61H,3-54H2,1-2H3,(H,59,62). The number of nitrogens with one attached hydrogen (secondary N) is 1. The molecule has 64 heavy (non-hydrogen) atoms. The predicted molar refractivity (Wildman–Crippen MR) is 278 cm³/mol. The molecule has 0 bridgehead atoms. The van der Waals surface area contributed by atoms with Gasteiger partial charge in [0, 0.05) is 12.8 Å². The van der Waals surface area contributed by atoms with Crippen molar-refractivity contribution in [1.29, 1.82) is 0 Å². The van der Waals surface area contributed by atoms with Gasteiger partial charge < -0.3 is 20.3 Å². The second kappa shape index (κ2) is 54.5. The minimum absolute atomic E-state index is 0.0106. The number of amides is 1. The summed E-state index contributed by atoms with van der Waals surface area (Å²) in [5, 5.41) is 23.2. The van der Waals surface area contributed by atoms with E-state index in [0.717, 1.165) is 38.5 Å². The van der Waals surface area contributed by atoms with Gasteiger partial charge in [-0.1, -0.05) is 296 Å². The summed E-state index contributed by atoms with van der Waals surface area (Å²) in [5.74, 6) is -0.0282. The van der Waals surface area contributed by atoms with Crippen molar-refractivity contribution >= 4 is 11.9 Å². The maximum absolute atomic E-state index is 12.4. The molecule has 1 amide bonds. The van der Waals surface area contributed by atoms with Crippen LogP contribution < -0.4 is 5.32 Å². The van der Waals surface area contributed by atoms with E-state index in [9.17, 15) is 19.8 Å². The molecule has 382 valence electrons. The van der Waals surface area contributed by atoms with Crippen molar-refractivity contribution in [2.24, 2.45) is 0 Å². The van der Waals surface area contributed by atoms with Crippen molar-refractivity contribution in [1.82, 2.24) is 5.32 Å². The van der Waals surface area contributed by atoms with Gasteiger partial charge in [-0.15, -0.1) is 0 Å². The molecule has 0 saturated heterocycles. The Bertz CT molecular complexity index is 913. The minimum Gasteiger partial charge on any atom is -0.466 e. The molecule has 0 aromatic carbocycles. The van der Waals surface area contributed by atoms with E-state index in [4.69, 9.17) is 4.74 Å². The van der Waals surface area contributed by atoms with Gasteiger partial charge in [0.1, 0.15) is 0 Å². The van der Waals surface area contributed by atoms with Crippen molar-refractivity contribution in [2.75, 3.05) is 13.2 Å². The third-order valence-electron chi connectivity index (χ3n) is 13.9. The van der Waals surface area contributed by atoms with Crippen molar-refractivity contribution in [3.05, 3.63) is 0 Å². The Labute approximate surface area is 400 Å². The fourth-order valence-corrected chi connectivity index (χ4v) is 9.41. The number of carbonyl (C=O) groups excluding carboxylic acids is 2. The normalized spacial score (nSPS) is 12.5. The second-order valence-corrected chi connectivity index (χ2v) is 20.3. The number of aliphatic hydroxyl groups excluding tert-OH is 2. The molecule has 0 rings (SSSR count). The average molecular weight is 907 g/mol. The Morgan fingerprint density at radius 2 is 0.641 bits per heavy atom. The first kappa shape index (κ1) is 62.9. The van der Waals surface area contributed by atoms with Crippen LogP contribution in [-0.4, -0.2) is 47.4 Å². The molecule has 0 fully saturated rings. The van der Waals surface area contributed by atoms with Gasteiger partial charge in [-0.05, 0) is 25.7 Å². The maximum atomic E-state index is 12.4. The lowest BCUT2D eigenvalue weighted by atomic mass is 10.0. The summed E-state index contributed by atoms with van der Waals surface area (Å²) >= 11 is 0. The van der Waals surface area contributed by atoms with Gasteiger partial charge >= 0.3 is 5.97 Å². The van der Waals surface area contributed by atoms with E-state index in [0.29, 0.717) is 25.9 Å². The van der Waals surface area contributed by atoms with Gasteiger partial charge in [-0.3, -0.25) is 9.59 Å². The van der Waals surface area contributed by atoms with Crippen LogP contribution in [0.2, 0.25) is 0 Å². The quantitative estimate of drug-likeness (QED) is 0.0417. The van der Waals surface area contributed by atoms with Crippen LogP contribution in [0.4, 0.5) is 0 Å². The van der Waals surface area contributed by atoms with Gasteiger partial charge in [0.25, 0.3) is 0 Å². The lowest BCUT2D eigenvalue weighted by Crippen LogP contribution is -2.45. The molecule has 0 heterocycles. The number of carbonyl (C=O) groups is 2. The van der Waals surface area contributed by atoms with Crippen LogP contribution in [0.3, 0.4) is 0 Å². The smallest absolute Gasteiger partial charge is 0.305 e. The Morgan fingerprint density at radius 1 is 0.375 bits per heavy atom. The molecule has 0 radical (unpaired) electrons. The van der Waals surface area contributed by atoms with Crippen LogP contribution in [0.5, 0.6) is 0 Å². The van der Waals surface area contributed by atoms with Crippen molar-refractivity contribution < 1.29 is 24.5 Å². The number of ether oxygens (including phenoxy) is 1. The monoisotopic (exact) mass is 906 g/mol. The third kappa shape index (κ3) is 50.3. The van der Waals surface area contributed by atoms with E-state index in [1.54, 1.807) is 0 Å². The lowest BCUT2D eigenvalue weighted by molar-refractivity contribution is -0.143. The molecule has 0 aliphatic heterocycles. The van der Waals surface area contributed by atoms with E-state index in [1.807, 2.05) is 0 Å². The molecule has 0 aromatic rings. The highest BCUT2D eigenvalue weighted by Gasteiger charge is 2.20. The summed E-state index contributed by atoms with van der Waals surface area (Å²) in [5.41, 5.74) is 0. The zero-order valence-corrected chi connectivity index (χ0v) is 43.5. The number of unbranched alkanes of at least 4 members (excludes halogenated alkanes) is 44. The van der Waals surface area contributed by atoms with Gasteiger partial charge in [0.05, 0.1) is 25.4 Å². The Balaban J connectivity index is 3.36. The van der Waals surface area contributed by atoms with Gasteiger partial charge in [0.2, 0.25) is 5.91 Å². The summed E-state index contributed by atoms with van der Waals surface area (Å²) in [7, 11) is 0. The van der Waals surface area contributed by atoms with E-state index in [-0.39, 0.29) is 18.5 Å². The highest BCUT2D eigenvalue weighted by Crippen LogP contribution is 2.18. The van der Waals surface area contributed by atoms with E-state index in [1.165, 1.54) is 263 Å². The fraction of sp³-hybridized carbons (Fsp3) is 0.966. The summed E-state index contributed by atoms with van der Waals surface area (Å²) in [4.78, 5) is 24.5. The number of aliphatic hydroxyl groups is 2. The van der Waals surface area contributed by atoms with E-state index in [2.05, 4.69) is 19.2 Å². The topological polar surface area (TPSA) is 95.9 Å². The molecule has 0 spiro atoms. The van der Waals surface area contributed by atoms with Crippen molar-refractivity contribution in [3.63, 3.8) is 0 Å². The molecule has 2 unspecified atom stereocenters. The molecule has 0 aromatic heterocycles. The molecular weight excluding hydrogens is 791 g/mol. The number of hydrogen-bond acceptors (Lipinski definition) is 5. The van der Waals surface area contributed by atoms with Gasteiger partial charge in [-0.25, -0.2) is 0 Å². The first-order valence-corrected chi connectivity index (χ1v) is 29.3. The Hall–Kier alpha value is -1.14. The number of hydrogen-bond donors (Lipinski definition) is 3. The molecule has 6 heteroatoms. The third-order valence-corrected chi connectivity index (χ3v) is 13.9. The summed E-state index contributed by atoms with van der Waals surface area (Å²) in [6, 6.07) is -0.543. The van der Waals surface area contributed by atoms with Crippen LogP contribution in [0, 0.1) is 0 Å². The number of esters is 1. The van der Waals surface area contributed by atoms with E-state index < -0.39 is 12.1 Å². The summed E-state index contributed by atoms with van der Waals surface area (Å²) in [6.07, 6.45) is 62.4. The van der Waals surface area contributed by atoms with Crippen LogP contribution in [0.1, 0.15) is 335 Å². The molecule has 6 nitrogen and oxygen atoms in total. The van der Waals surface area contributed by atoms with Gasteiger partial charge in [0.15, 0.2) is 0 Å². The Kier molecular flexibility index (Phi) is 53.5. The predicted octanol–water partition coefficient (Wildman–Crippen LogP) is 17.9. The molecular formula is C58H115NO5. The highest BCUT2D eigenvalue weighted by molar-refractivity contribution is 5.76. The van der Waals surface area contributed by atoms with Gasteiger partial charge in [-0.2, -0.15) is 0 Å². The van der Waals surface area contributed by atoms with Crippen LogP contribution in [-0.2, 0) is 14.3 Å². The average Bonchev–Trinajstić information content (AvgIpc) is 3.29. The zero-order valence-electron chi connectivity index (χ0n) is 43.5. The zero-order chi connectivity index (χ0) is 46.5. The van der Waals surface area contributed by atoms with Crippen molar-refractivity contribution in [2.45, 2.75) is 347 Å². The molecule has 2 atom stereocenters. The highest BCUT2D eigenvalue weighted by atomic mass is 16.5. The molecule has 0 saturated carbocycles. The fourth-order valence-electron chi connectivity index (χ4n) is 9.41. The van der Waals surface area contributed by atoms with Crippen LogP contribution in [0.25, 0.3) is 0 Å². The SMILES string of the molecule is CCCCCCCCCCCCCCCCCCCCC(=O)OCCCCCCCCCCCCCCCCCCCC(=O)NC(CO)C(O)CCCCCCCCCCCCCC. The van der Waals surface area contributed by atoms with E-state index >= 15 is 0 Å². The Morgan fingerprint density at radius 3 is 0.953 bits per heavy atom. The second-order valence-electron chi connectivity index (χ2n) is 20.3. The first-order chi connectivity index (χ1) is 31.5. The first-order valence-electron chi connectivity index (χ1n) is 29.3. The van der Waals surface area contributed by atoms with Crippen LogP contribution in [0.15, 0.2) is 0 Å². The largest absolute Gasteiger partial charge is 0.466 e. The summed E-state index contributed by atoms with van der Waals surface area (Å²) in [6.45, 7) is 4.96.